The molecule has 0 spiro atoms. The highest BCUT2D eigenvalue weighted by Crippen LogP contribution is 2.37. The van der Waals surface area contributed by atoms with E-state index in [1.807, 2.05) is 0 Å². The molecule has 0 amide bonds. The third kappa shape index (κ3) is 3.68. The Balaban J connectivity index is 4.13. The molecular formula is C12H27N. The van der Waals surface area contributed by atoms with Gasteiger partial charge in [-0.05, 0) is 30.2 Å². The summed E-state index contributed by atoms with van der Waals surface area (Å²) < 4.78 is 0. The summed E-state index contributed by atoms with van der Waals surface area (Å²) in [7, 11) is 0. The van der Waals surface area contributed by atoms with E-state index in [4.69, 9.17) is 5.73 Å². The molecule has 0 aromatic carbocycles. The second-order valence-electron chi connectivity index (χ2n) is 4.84. The number of hydrogen-bond acceptors (Lipinski definition) is 1. The molecule has 1 nitrogen and oxygen atoms in total. The summed E-state index contributed by atoms with van der Waals surface area (Å²) in [6.45, 7) is 12.5. The van der Waals surface area contributed by atoms with E-state index in [1.54, 1.807) is 0 Å². The molecule has 0 rings (SSSR count). The van der Waals surface area contributed by atoms with E-state index >= 15 is 0 Å². The van der Waals surface area contributed by atoms with Crippen molar-refractivity contribution < 1.29 is 0 Å². The molecule has 0 fully saturated rings. The summed E-state index contributed by atoms with van der Waals surface area (Å²) in [6.07, 6.45) is 3.83. The quantitative estimate of drug-likeness (QED) is 0.674. The predicted octanol–water partition coefficient (Wildman–Crippen LogP) is 3.43. The van der Waals surface area contributed by atoms with Crippen LogP contribution in [0.4, 0.5) is 0 Å². The van der Waals surface area contributed by atoms with Gasteiger partial charge in [0.2, 0.25) is 0 Å². The first-order valence-electron chi connectivity index (χ1n) is 5.70. The Morgan fingerprint density at radius 2 is 1.62 bits per heavy atom. The lowest BCUT2D eigenvalue weighted by molar-refractivity contribution is 0.157. The van der Waals surface area contributed by atoms with E-state index in [2.05, 4.69) is 34.6 Å². The Kier molecular flexibility index (Phi) is 5.62. The van der Waals surface area contributed by atoms with Crippen molar-refractivity contribution in [3.63, 3.8) is 0 Å². The van der Waals surface area contributed by atoms with Crippen LogP contribution in [-0.2, 0) is 0 Å². The van der Waals surface area contributed by atoms with Gasteiger partial charge in [0.05, 0.1) is 0 Å². The van der Waals surface area contributed by atoms with E-state index in [9.17, 15) is 0 Å². The zero-order valence-corrected chi connectivity index (χ0v) is 10.1. The first-order valence-corrected chi connectivity index (χ1v) is 5.70. The molecule has 2 unspecified atom stereocenters. The van der Waals surface area contributed by atoms with E-state index in [0.717, 1.165) is 12.5 Å². The van der Waals surface area contributed by atoms with Crippen LogP contribution in [0, 0.1) is 17.3 Å². The first-order chi connectivity index (χ1) is 6.00. The Morgan fingerprint density at radius 3 is 1.92 bits per heavy atom. The molecule has 0 aliphatic heterocycles. The average molecular weight is 185 g/mol. The van der Waals surface area contributed by atoms with E-state index in [0.29, 0.717) is 11.3 Å². The lowest BCUT2D eigenvalue weighted by atomic mass is 9.71. The predicted molar refractivity (Wildman–Crippen MR) is 60.7 cm³/mol. The first kappa shape index (κ1) is 13.0. The second kappa shape index (κ2) is 5.64. The van der Waals surface area contributed by atoms with Gasteiger partial charge in [0.25, 0.3) is 0 Å². The molecular weight excluding hydrogens is 158 g/mol. The van der Waals surface area contributed by atoms with Gasteiger partial charge >= 0.3 is 0 Å². The van der Waals surface area contributed by atoms with Crippen LogP contribution in [0.1, 0.15) is 53.9 Å². The van der Waals surface area contributed by atoms with Crippen molar-refractivity contribution >= 4 is 0 Å². The molecule has 0 aromatic rings. The van der Waals surface area contributed by atoms with Crippen LogP contribution in [0.3, 0.4) is 0 Å². The Bertz CT molecular complexity index is 127. The normalized spacial score (nSPS) is 17.1. The van der Waals surface area contributed by atoms with Crippen molar-refractivity contribution in [2.45, 2.75) is 53.9 Å². The highest BCUT2D eigenvalue weighted by molar-refractivity contribution is 4.78. The van der Waals surface area contributed by atoms with Gasteiger partial charge in [0.1, 0.15) is 0 Å². The van der Waals surface area contributed by atoms with Crippen LogP contribution in [-0.4, -0.2) is 6.54 Å². The van der Waals surface area contributed by atoms with Crippen LogP contribution in [0.5, 0.6) is 0 Å². The smallest absolute Gasteiger partial charge is 0.00514 e. The molecule has 2 N–H and O–H groups in total. The lowest BCUT2D eigenvalue weighted by Gasteiger charge is -2.35. The zero-order valence-electron chi connectivity index (χ0n) is 10.1. The van der Waals surface area contributed by atoms with Crippen LogP contribution in [0.15, 0.2) is 0 Å². The maximum absolute atomic E-state index is 5.65. The fraction of sp³-hybridized carbons (Fsp3) is 1.00. The largest absolute Gasteiger partial charge is 0.330 e. The van der Waals surface area contributed by atoms with Gasteiger partial charge in [0, 0.05) is 0 Å². The summed E-state index contributed by atoms with van der Waals surface area (Å²) in [4.78, 5) is 0. The molecule has 0 bridgehead atoms. The molecule has 0 saturated carbocycles. The van der Waals surface area contributed by atoms with E-state index in [-0.39, 0.29) is 0 Å². The van der Waals surface area contributed by atoms with Gasteiger partial charge < -0.3 is 5.73 Å². The maximum atomic E-state index is 5.65. The fourth-order valence-corrected chi connectivity index (χ4v) is 1.93. The summed E-state index contributed by atoms with van der Waals surface area (Å²) in [5, 5.41) is 0. The topological polar surface area (TPSA) is 26.0 Å². The van der Waals surface area contributed by atoms with Crippen LogP contribution in [0.2, 0.25) is 0 Å². The molecule has 2 atom stereocenters. The SMILES string of the molecule is CCC(C)(CC)C(C)CC(C)CN. The van der Waals surface area contributed by atoms with Crippen LogP contribution >= 0.6 is 0 Å². The molecule has 13 heavy (non-hydrogen) atoms. The number of hydrogen-bond donors (Lipinski definition) is 1. The minimum absolute atomic E-state index is 0.517. The van der Waals surface area contributed by atoms with Gasteiger partial charge in [-0.25, -0.2) is 0 Å². The lowest BCUT2D eigenvalue weighted by Crippen LogP contribution is -2.27. The minimum atomic E-state index is 0.517. The number of rotatable bonds is 6. The standard InChI is InChI=1S/C12H27N/c1-6-12(5,7-2)11(4)8-10(3)9-13/h10-11H,6-9,13H2,1-5H3. The van der Waals surface area contributed by atoms with E-state index in [1.165, 1.54) is 19.3 Å². The second-order valence-corrected chi connectivity index (χ2v) is 4.84. The van der Waals surface area contributed by atoms with Crippen molar-refractivity contribution in [2.75, 3.05) is 6.54 Å². The van der Waals surface area contributed by atoms with Gasteiger partial charge in [-0.1, -0.05) is 47.5 Å². The third-order valence-electron chi connectivity index (χ3n) is 3.96. The van der Waals surface area contributed by atoms with Crippen molar-refractivity contribution in [2.24, 2.45) is 23.0 Å². The monoisotopic (exact) mass is 185 g/mol. The van der Waals surface area contributed by atoms with Gasteiger partial charge in [-0.15, -0.1) is 0 Å². The summed E-state index contributed by atoms with van der Waals surface area (Å²) in [6, 6.07) is 0. The van der Waals surface area contributed by atoms with E-state index < -0.39 is 0 Å². The highest BCUT2D eigenvalue weighted by atomic mass is 14.5. The van der Waals surface area contributed by atoms with Crippen molar-refractivity contribution in [3.8, 4) is 0 Å². The average Bonchev–Trinajstić information content (AvgIpc) is 2.16. The van der Waals surface area contributed by atoms with Crippen LogP contribution < -0.4 is 5.73 Å². The Hall–Kier alpha value is -0.0400. The van der Waals surface area contributed by atoms with Crippen molar-refractivity contribution in [1.29, 1.82) is 0 Å². The molecule has 0 heterocycles. The fourth-order valence-electron chi connectivity index (χ4n) is 1.93. The molecule has 0 radical (unpaired) electrons. The van der Waals surface area contributed by atoms with Crippen molar-refractivity contribution in [3.05, 3.63) is 0 Å². The summed E-state index contributed by atoms with van der Waals surface area (Å²) >= 11 is 0. The summed E-state index contributed by atoms with van der Waals surface area (Å²) in [5.41, 5.74) is 6.16. The zero-order chi connectivity index (χ0) is 10.5. The van der Waals surface area contributed by atoms with Crippen LogP contribution in [0.25, 0.3) is 0 Å². The van der Waals surface area contributed by atoms with Gasteiger partial charge in [0.15, 0.2) is 0 Å². The number of nitrogens with two attached hydrogens (primary N) is 1. The molecule has 80 valence electrons. The highest BCUT2D eigenvalue weighted by Gasteiger charge is 2.27. The summed E-state index contributed by atoms with van der Waals surface area (Å²) in [5.74, 6) is 1.47. The maximum Gasteiger partial charge on any atom is -0.00514 e. The Labute approximate surface area is 84.1 Å². The molecule has 0 saturated heterocycles. The van der Waals surface area contributed by atoms with Crippen molar-refractivity contribution in [1.82, 2.24) is 0 Å². The Morgan fingerprint density at radius 1 is 1.15 bits per heavy atom. The molecule has 0 aromatic heterocycles. The molecule has 0 aliphatic rings. The molecule has 0 aliphatic carbocycles. The minimum Gasteiger partial charge on any atom is -0.330 e. The molecule has 1 heteroatoms. The van der Waals surface area contributed by atoms with Gasteiger partial charge in [-0.2, -0.15) is 0 Å². The van der Waals surface area contributed by atoms with Gasteiger partial charge in [-0.3, -0.25) is 0 Å². The third-order valence-corrected chi connectivity index (χ3v) is 3.96.